The topological polar surface area (TPSA) is 64.4 Å². The molecule has 0 aliphatic rings. The van der Waals surface area contributed by atoms with E-state index in [0.717, 1.165) is 11.3 Å². The molecule has 0 unspecified atom stereocenters. The number of ether oxygens (including phenoxy) is 1. The second-order valence-corrected chi connectivity index (χ2v) is 3.53. The fraction of sp³-hybridized carbons (Fsp3) is 0.167. The lowest BCUT2D eigenvalue weighted by atomic mass is 10.2. The van der Waals surface area contributed by atoms with Crippen molar-refractivity contribution in [2.24, 2.45) is 0 Å². The van der Waals surface area contributed by atoms with Gasteiger partial charge in [-0.25, -0.2) is 9.78 Å². The molecule has 0 aliphatic heterocycles. The van der Waals surface area contributed by atoms with Gasteiger partial charge in [-0.05, 0) is 17.7 Å². The van der Waals surface area contributed by atoms with E-state index in [9.17, 15) is 4.79 Å². The van der Waals surface area contributed by atoms with E-state index in [1.54, 1.807) is 17.9 Å². The molecular formula is C12H12N2O3. The Bertz CT molecular complexity index is 517. The number of benzene rings is 1. The van der Waals surface area contributed by atoms with Crippen LogP contribution in [0, 0.1) is 0 Å². The Hall–Kier alpha value is -2.30. The lowest BCUT2D eigenvalue weighted by Gasteiger charge is -2.06. The molecule has 1 aromatic heterocycles. The van der Waals surface area contributed by atoms with Crippen LogP contribution in [-0.2, 0) is 6.54 Å². The van der Waals surface area contributed by atoms with Gasteiger partial charge in [-0.3, -0.25) is 0 Å². The molecule has 0 aliphatic carbocycles. The number of methoxy groups -OCH3 is 1. The third kappa shape index (κ3) is 2.44. The van der Waals surface area contributed by atoms with Crippen LogP contribution in [0.2, 0.25) is 0 Å². The summed E-state index contributed by atoms with van der Waals surface area (Å²) in [5.74, 6) is -0.206. The van der Waals surface area contributed by atoms with Gasteiger partial charge in [-0.1, -0.05) is 12.1 Å². The van der Waals surface area contributed by atoms with Crippen LogP contribution in [0.15, 0.2) is 36.7 Å². The van der Waals surface area contributed by atoms with Crippen LogP contribution in [0.4, 0.5) is 0 Å². The molecule has 0 saturated carbocycles. The number of hydrogen-bond donors (Lipinski definition) is 1. The zero-order chi connectivity index (χ0) is 12.3. The second kappa shape index (κ2) is 4.69. The molecule has 1 N–H and O–H groups in total. The first kappa shape index (κ1) is 11.2. The van der Waals surface area contributed by atoms with E-state index in [4.69, 9.17) is 9.84 Å². The van der Waals surface area contributed by atoms with Crippen LogP contribution >= 0.6 is 0 Å². The molecule has 0 amide bonds. The standard InChI is InChI=1S/C12H12N2O3/c1-17-10-4-2-9(3-5-10)8-14-7-6-13-11(14)12(15)16/h2-7H,8H2,1H3,(H,15,16). The molecule has 5 heteroatoms. The van der Waals surface area contributed by atoms with Gasteiger partial charge in [0.15, 0.2) is 0 Å². The number of imidazole rings is 1. The first-order valence-corrected chi connectivity index (χ1v) is 5.08. The monoisotopic (exact) mass is 232 g/mol. The van der Waals surface area contributed by atoms with Crippen molar-refractivity contribution in [1.29, 1.82) is 0 Å². The van der Waals surface area contributed by atoms with Gasteiger partial charge < -0.3 is 14.4 Å². The van der Waals surface area contributed by atoms with Crippen molar-refractivity contribution in [3.8, 4) is 5.75 Å². The third-order valence-electron chi connectivity index (χ3n) is 2.42. The van der Waals surface area contributed by atoms with Gasteiger partial charge in [-0.15, -0.1) is 0 Å². The van der Waals surface area contributed by atoms with Gasteiger partial charge in [0, 0.05) is 18.9 Å². The molecule has 0 atom stereocenters. The number of nitrogens with zero attached hydrogens (tertiary/aromatic N) is 2. The molecule has 88 valence electrons. The Morgan fingerprint density at radius 2 is 2.12 bits per heavy atom. The van der Waals surface area contributed by atoms with Crippen LogP contribution in [0.5, 0.6) is 5.75 Å². The molecule has 17 heavy (non-hydrogen) atoms. The SMILES string of the molecule is COc1ccc(Cn2ccnc2C(=O)O)cc1. The number of carboxylic acid groups (broad SMARTS) is 1. The van der Waals surface area contributed by atoms with E-state index in [0.29, 0.717) is 6.54 Å². The largest absolute Gasteiger partial charge is 0.497 e. The Balaban J connectivity index is 2.19. The molecule has 0 spiro atoms. The minimum atomic E-state index is -1.02. The highest BCUT2D eigenvalue weighted by molar-refractivity contribution is 5.83. The maximum Gasteiger partial charge on any atom is 0.372 e. The zero-order valence-corrected chi connectivity index (χ0v) is 9.33. The minimum Gasteiger partial charge on any atom is -0.497 e. The smallest absolute Gasteiger partial charge is 0.372 e. The van der Waals surface area contributed by atoms with Crippen molar-refractivity contribution in [2.45, 2.75) is 6.54 Å². The molecule has 2 rings (SSSR count). The van der Waals surface area contributed by atoms with E-state index in [2.05, 4.69) is 4.98 Å². The summed E-state index contributed by atoms with van der Waals surface area (Å²) in [6.07, 6.45) is 3.13. The van der Waals surface area contributed by atoms with E-state index in [-0.39, 0.29) is 5.82 Å². The molecule has 1 aromatic carbocycles. The van der Waals surface area contributed by atoms with E-state index < -0.39 is 5.97 Å². The minimum absolute atomic E-state index is 0.0424. The average Bonchev–Trinajstić information content (AvgIpc) is 2.78. The molecule has 0 saturated heterocycles. The maximum atomic E-state index is 10.9. The number of carboxylic acids is 1. The van der Waals surface area contributed by atoms with Crippen LogP contribution in [0.1, 0.15) is 16.2 Å². The highest BCUT2D eigenvalue weighted by atomic mass is 16.5. The number of aromatic nitrogens is 2. The van der Waals surface area contributed by atoms with Gasteiger partial charge in [-0.2, -0.15) is 0 Å². The lowest BCUT2D eigenvalue weighted by molar-refractivity contribution is 0.0679. The van der Waals surface area contributed by atoms with Crippen LogP contribution in [0.3, 0.4) is 0 Å². The van der Waals surface area contributed by atoms with Gasteiger partial charge in [0.25, 0.3) is 0 Å². The van der Waals surface area contributed by atoms with Gasteiger partial charge in [0.2, 0.25) is 5.82 Å². The molecule has 1 heterocycles. The van der Waals surface area contributed by atoms with Crippen LogP contribution < -0.4 is 4.74 Å². The number of rotatable bonds is 4. The van der Waals surface area contributed by atoms with Crippen LogP contribution in [-0.4, -0.2) is 27.7 Å². The summed E-state index contributed by atoms with van der Waals surface area (Å²) in [6.45, 7) is 0.478. The van der Waals surface area contributed by atoms with Crippen molar-refractivity contribution < 1.29 is 14.6 Å². The lowest BCUT2D eigenvalue weighted by Crippen LogP contribution is -2.09. The van der Waals surface area contributed by atoms with Crippen LogP contribution in [0.25, 0.3) is 0 Å². The summed E-state index contributed by atoms with van der Waals surface area (Å²) in [6, 6.07) is 7.47. The Morgan fingerprint density at radius 3 is 2.71 bits per heavy atom. The van der Waals surface area contributed by atoms with E-state index in [1.807, 2.05) is 24.3 Å². The molecule has 5 nitrogen and oxygen atoms in total. The van der Waals surface area contributed by atoms with Crippen molar-refractivity contribution >= 4 is 5.97 Å². The van der Waals surface area contributed by atoms with Gasteiger partial charge in [0.1, 0.15) is 5.75 Å². The van der Waals surface area contributed by atoms with Gasteiger partial charge in [0.05, 0.1) is 7.11 Å². The van der Waals surface area contributed by atoms with Crippen molar-refractivity contribution in [3.63, 3.8) is 0 Å². The van der Waals surface area contributed by atoms with Crippen molar-refractivity contribution in [2.75, 3.05) is 7.11 Å². The molecule has 0 radical (unpaired) electrons. The Morgan fingerprint density at radius 1 is 1.41 bits per heavy atom. The third-order valence-corrected chi connectivity index (χ3v) is 2.42. The molecular weight excluding hydrogens is 220 g/mol. The highest BCUT2D eigenvalue weighted by Crippen LogP contribution is 2.13. The summed E-state index contributed by atoms with van der Waals surface area (Å²) in [5.41, 5.74) is 0.992. The van der Waals surface area contributed by atoms with Crippen molar-refractivity contribution in [3.05, 3.63) is 48.0 Å². The molecule has 0 fully saturated rings. The van der Waals surface area contributed by atoms with Gasteiger partial charge >= 0.3 is 5.97 Å². The molecule has 2 aromatic rings. The number of aromatic carboxylic acids is 1. The zero-order valence-electron chi connectivity index (χ0n) is 9.33. The Labute approximate surface area is 98.3 Å². The first-order chi connectivity index (χ1) is 8.20. The summed E-state index contributed by atoms with van der Waals surface area (Å²) >= 11 is 0. The summed E-state index contributed by atoms with van der Waals surface area (Å²) in [4.78, 5) is 14.7. The quantitative estimate of drug-likeness (QED) is 0.870. The Kier molecular flexibility index (Phi) is 3.09. The highest BCUT2D eigenvalue weighted by Gasteiger charge is 2.10. The fourth-order valence-corrected chi connectivity index (χ4v) is 1.56. The van der Waals surface area contributed by atoms with E-state index in [1.165, 1.54) is 6.20 Å². The fourth-order valence-electron chi connectivity index (χ4n) is 1.56. The first-order valence-electron chi connectivity index (χ1n) is 5.08. The normalized spacial score (nSPS) is 10.2. The second-order valence-electron chi connectivity index (χ2n) is 3.53. The van der Waals surface area contributed by atoms with Crippen molar-refractivity contribution in [1.82, 2.24) is 9.55 Å². The summed E-state index contributed by atoms with van der Waals surface area (Å²) in [5, 5.41) is 8.91. The van der Waals surface area contributed by atoms with E-state index >= 15 is 0 Å². The number of hydrogen-bond acceptors (Lipinski definition) is 3. The predicted molar refractivity (Wildman–Crippen MR) is 61.3 cm³/mol. The summed E-state index contributed by atoms with van der Waals surface area (Å²) in [7, 11) is 1.60. The number of carbonyl (C=O) groups is 1. The maximum absolute atomic E-state index is 10.9. The average molecular weight is 232 g/mol. The molecule has 0 bridgehead atoms. The summed E-state index contributed by atoms with van der Waals surface area (Å²) < 4.78 is 6.64. The predicted octanol–water partition coefficient (Wildman–Crippen LogP) is 1.64.